The van der Waals surface area contributed by atoms with Crippen LogP contribution in [0.3, 0.4) is 0 Å². The summed E-state index contributed by atoms with van der Waals surface area (Å²) in [7, 11) is 0. The van der Waals surface area contributed by atoms with Gasteiger partial charge in [-0.05, 0) is 30.3 Å². The summed E-state index contributed by atoms with van der Waals surface area (Å²) in [5.41, 5.74) is 1.14. The number of ether oxygens (including phenoxy) is 1. The molecule has 0 atom stereocenters. The van der Waals surface area contributed by atoms with Crippen LogP contribution in [-0.4, -0.2) is 6.54 Å². The van der Waals surface area contributed by atoms with Gasteiger partial charge < -0.3 is 14.5 Å². The number of hydrogen-bond donors (Lipinski definition) is 1. The number of benzene rings is 1. The maximum atomic E-state index is 5.66. The maximum absolute atomic E-state index is 5.66. The van der Waals surface area contributed by atoms with E-state index in [9.17, 15) is 0 Å². The molecule has 0 aliphatic heterocycles. The lowest BCUT2D eigenvalue weighted by Gasteiger charge is -2.04. The molecule has 1 aromatic carbocycles. The summed E-state index contributed by atoms with van der Waals surface area (Å²) in [5, 5.41) is 3.23. The van der Waals surface area contributed by atoms with Gasteiger partial charge in [0.15, 0.2) is 0 Å². The Bertz CT molecular complexity index is 510. The average molecular weight is 324 g/mol. The monoisotopic (exact) mass is 323 g/mol. The normalized spacial score (nSPS) is 10.8. The van der Waals surface area contributed by atoms with Gasteiger partial charge in [0.2, 0.25) is 0 Å². The van der Waals surface area contributed by atoms with Gasteiger partial charge in [0.05, 0.1) is 13.2 Å². The van der Waals surface area contributed by atoms with E-state index in [0.717, 1.165) is 34.6 Å². The maximum Gasteiger partial charge on any atom is 0.129 e. The zero-order chi connectivity index (χ0) is 13.5. The first-order valence-corrected chi connectivity index (χ1v) is 7.18. The second-order valence-electron chi connectivity index (χ2n) is 4.23. The first-order chi connectivity index (χ1) is 9.29. The van der Waals surface area contributed by atoms with E-state index in [0.29, 0.717) is 13.2 Å². The third-order valence-electron chi connectivity index (χ3n) is 2.73. The number of rotatable bonds is 7. The molecule has 2 rings (SSSR count). The molecular weight excluding hydrogens is 306 g/mol. The lowest BCUT2D eigenvalue weighted by atomic mass is 10.2. The molecule has 0 fully saturated rings. The Morgan fingerprint density at radius 3 is 2.68 bits per heavy atom. The molecule has 0 saturated carbocycles. The molecule has 0 spiro atoms. The third-order valence-corrected chi connectivity index (χ3v) is 3.50. The Morgan fingerprint density at radius 1 is 1.11 bits per heavy atom. The molecule has 3 nitrogen and oxygen atoms in total. The second-order valence-corrected chi connectivity index (χ2v) is 5.09. The summed E-state index contributed by atoms with van der Waals surface area (Å²) in [6.07, 6.45) is 0. The van der Waals surface area contributed by atoms with Crippen molar-refractivity contribution in [2.24, 2.45) is 0 Å². The van der Waals surface area contributed by atoms with Crippen LogP contribution in [0.4, 0.5) is 0 Å². The molecule has 4 heteroatoms. The van der Waals surface area contributed by atoms with Crippen LogP contribution in [0, 0.1) is 0 Å². The standard InChI is InChI=1S/C15H18BrNO2/c1-2-17-9-13-7-8-14(19-13)11-18-10-12-5-3-4-6-15(12)16/h3-8,17H,2,9-11H2,1H3. The fourth-order valence-corrected chi connectivity index (χ4v) is 2.12. The molecule has 0 amide bonds. The minimum absolute atomic E-state index is 0.494. The van der Waals surface area contributed by atoms with Gasteiger partial charge in [-0.2, -0.15) is 0 Å². The van der Waals surface area contributed by atoms with Crippen LogP contribution in [0.2, 0.25) is 0 Å². The van der Waals surface area contributed by atoms with Gasteiger partial charge in [-0.1, -0.05) is 41.1 Å². The van der Waals surface area contributed by atoms with Crippen LogP contribution in [-0.2, 0) is 24.5 Å². The van der Waals surface area contributed by atoms with Gasteiger partial charge in [0.1, 0.15) is 18.1 Å². The van der Waals surface area contributed by atoms with Crippen LogP contribution in [0.1, 0.15) is 24.0 Å². The quantitative estimate of drug-likeness (QED) is 0.840. The van der Waals surface area contributed by atoms with Crippen LogP contribution < -0.4 is 5.32 Å². The summed E-state index contributed by atoms with van der Waals surface area (Å²) in [6, 6.07) is 12.0. The smallest absolute Gasteiger partial charge is 0.129 e. The SMILES string of the molecule is CCNCc1ccc(COCc2ccccc2Br)o1. The highest BCUT2D eigenvalue weighted by Gasteiger charge is 2.03. The molecule has 0 aliphatic rings. The fraction of sp³-hybridized carbons (Fsp3) is 0.333. The number of hydrogen-bond acceptors (Lipinski definition) is 3. The van der Waals surface area contributed by atoms with Gasteiger partial charge in [0, 0.05) is 4.47 Å². The number of furan rings is 1. The molecule has 1 heterocycles. The number of nitrogens with one attached hydrogen (secondary N) is 1. The molecule has 0 unspecified atom stereocenters. The summed E-state index contributed by atoms with van der Waals surface area (Å²) in [5.74, 6) is 1.81. The van der Waals surface area contributed by atoms with Crippen molar-refractivity contribution >= 4 is 15.9 Å². The Kier molecular flexibility index (Phi) is 5.63. The Morgan fingerprint density at radius 2 is 1.89 bits per heavy atom. The van der Waals surface area contributed by atoms with E-state index in [2.05, 4.69) is 28.2 Å². The van der Waals surface area contributed by atoms with Crippen LogP contribution in [0.25, 0.3) is 0 Å². The van der Waals surface area contributed by atoms with E-state index >= 15 is 0 Å². The van der Waals surface area contributed by atoms with E-state index in [4.69, 9.17) is 9.15 Å². The van der Waals surface area contributed by atoms with Gasteiger partial charge in [-0.3, -0.25) is 0 Å². The first kappa shape index (κ1) is 14.3. The van der Waals surface area contributed by atoms with Crippen molar-refractivity contribution in [2.45, 2.75) is 26.7 Å². The van der Waals surface area contributed by atoms with Crippen molar-refractivity contribution in [1.82, 2.24) is 5.32 Å². The molecule has 0 saturated heterocycles. The second kappa shape index (κ2) is 7.48. The molecule has 1 aromatic heterocycles. The largest absolute Gasteiger partial charge is 0.462 e. The Balaban J connectivity index is 1.79. The zero-order valence-corrected chi connectivity index (χ0v) is 12.6. The molecule has 0 aliphatic carbocycles. The Labute approximate surface area is 122 Å². The van der Waals surface area contributed by atoms with E-state index in [-0.39, 0.29) is 0 Å². The predicted molar refractivity (Wildman–Crippen MR) is 78.7 cm³/mol. The highest BCUT2D eigenvalue weighted by molar-refractivity contribution is 9.10. The summed E-state index contributed by atoms with van der Waals surface area (Å²) < 4.78 is 12.4. The lowest BCUT2D eigenvalue weighted by molar-refractivity contribution is 0.0916. The highest BCUT2D eigenvalue weighted by Crippen LogP contribution is 2.17. The van der Waals surface area contributed by atoms with Crippen molar-refractivity contribution in [3.05, 3.63) is 58.0 Å². The van der Waals surface area contributed by atoms with Crippen LogP contribution in [0.15, 0.2) is 45.3 Å². The van der Waals surface area contributed by atoms with E-state index < -0.39 is 0 Å². The van der Waals surface area contributed by atoms with Gasteiger partial charge in [-0.25, -0.2) is 0 Å². The zero-order valence-electron chi connectivity index (χ0n) is 11.0. The summed E-state index contributed by atoms with van der Waals surface area (Å²) in [6.45, 7) is 4.85. The van der Waals surface area contributed by atoms with Crippen LogP contribution in [0.5, 0.6) is 0 Å². The molecule has 1 N–H and O–H groups in total. The minimum Gasteiger partial charge on any atom is -0.462 e. The van der Waals surface area contributed by atoms with Crippen molar-refractivity contribution in [2.75, 3.05) is 6.54 Å². The number of halogens is 1. The van der Waals surface area contributed by atoms with Gasteiger partial charge in [-0.15, -0.1) is 0 Å². The van der Waals surface area contributed by atoms with E-state index in [1.807, 2.05) is 36.4 Å². The van der Waals surface area contributed by atoms with Crippen molar-refractivity contribution in [3.63, 3.8) is 0 Å². The molecular formula is C15H18BrNO2. The molecule has 19 heavy (non-hydrogen) atoms. The van der Waals surface area contributed by atoms with Gasteiger partial charge in [0.25, 0.3) is 0 Å². The average Bonchev–Trinajstić information content (AvgIpc) is 2.86. The Hall–Kier alpha value is -1.10. The third kappa shape index (κ3) is 4.49. The van der Waals surface area contributed by atoms with E-state index in [1.165, 1.54) is 0 Å². The highest BCUT2D eigenvalue weighted by atomic mass is 79.9. The van der Waals surface area contributed by atoms with Crippen molar-refractivity contribution in [1.29, 1.82) is 0 Å². The predicted octanol–water partition coefficient (Wildman–Crippen LogP) is 3.87. The van der Waals surface area contributed by atoms with Crippen molar-refractivity contribution < 1.29 is 9.15 Å². The van der Waals surface area contributed by atoms with Gasteiger partial charge >= 0.3 is 0 Å². The molecule has 0 radical (unpaired) electrons. The van der Waals surface area contributed by atoms with Crippen LogP contribution >= 0.6 is 15.9 Å². The molecule has 102 valence electrons. The van der Waals surface area contributed by atoms with Crippen molar-refractivity contribution in [3.8, 4) is 0 Å². The fourth-order valence-electron chi connectivity index (χ4n) is 1.72. The molecule has 2 aromatic rings. The lowest BCUT2D eigenvalue weighted by Crippen LogP contribution is -2.10. The van der Waals surface area contributed by atoms with E-state index in [1.54, 1.807) is 0 Å². The topological polar surface area (TPSA) is 34.4 Å². The summed E-state index contributed by atoms with van der Waals surface area (Å²) in [4.78, 5) is 0. The summed E-state index contributed by atoms with van der Waals surface area (Å²) >= 11 is 3.50. The molecule has 0 bridgehead atoms. The minimum atomic E-state index is 0.494. The first-order valence-electron chi connectivity index (χ1n) is 6.39.